The molecule has 1 saturated heterocycles. The van der Waals surface area contributed by atoms with Crippen molar-refractivity contribution in [2.45, 2.75) is 169 Å². The number of nitrogens with zero attached hydrogens (tertiary/aromatic N) is 6. The van der Waals surface area contributed by atoms with E-state index in [0.29, 0.717) is 41.8 Å². The molecule has 0 aromatic heterocycles. The first-order valence-electron chi connectivity index (χ1n) is 31.2. The predicted octanol–water partition coefficient (Wildman–Crippen LogP) is 5.92. The van der Waals surface area contributed by atoms with Crippen molar-refractivity contribution in [3.05, 3.63) is 112 Å². The Kier molecular flexibility index (Phi) is 30.1. The molecule has 3 aromatic carbocycles. The van der Waals surface area contributed by atoms with Gasteiger partial charge in [0.15, 0.2) is 0 Å². The van der Waals surface area contributed by atoms with Crippen LogP contribution in [0.1, 0.15) is 134 Å². The van der Waals surface area contributed by atoms with Crippen LogP contribution in [0.25, 0.3) is 10.4 Å². The van der Waals surface area contributed by atoms with Gasteiger partial charge in [0.1, 0.15) is 30.8 Å². The second-order valence-corrected chi connectivity index (χ2v) is 24.7. The summed E-state index contributed by atoms with van der Waals surface area (Å²) < 4.78 is 11.5. The van der Waals surface area contributed by atoms with Gasteiger partial charge in [0.05, 0.1) is 49.3 Å². The van der Waals surface area contributed by atoms with Crippen LogP contribution in [-0.4, -0.2) is 168 Å². The van der Waals surface area contributed by atoms with E-state index in [1.54, 1.807) is 116 Å². The number of rotatable bonds is 34. The molecule has 0 spiro atoms. The van der Waals surface area contributed by atoms with Crippen molar-refractivity contribution >= 4 is 59.2 Å². The van der Waals surface area contributed by atoms with Crippen molar-refractivity contribution in [3.8, 4) is 0 Å². The van der Waals surface area contributed by atoms with Gasteiger partial charge < -0.3 is 67.1 Å². The molecular formula is C65H97N13O13. The van der Waals surface area contributed by atoms with E-state index in [1.807, 2.05) is 32.0 Å². The van der Waals surface area contributed by atoms with Gasteiger partial charge in [0.2, 0.25) is 35.4 Å². The summed E-state index contributed by atoms with van der Waals surface area (Å²) in [6.07, 6.45) is -2.47. The number of nitrogens with two attached hydrogens (primary N) is 1. The van der Waals surface area contributed by atoms with Crippen LogP contribution in [0, 0.1) is 35.5 Å². The Hall–Kier alpha value is -8.32. The number of amides is 10. The fourth-order valence-electron chi connectivity index (χ4n) is 11.3. The van der Waals surface area contributed by atoms with E-state index in [0.717, 1.165) is 4.90 Å². The lowest BCUT2D eigenvalue weighted by molar-refractivity contribution is -0.145. The molecule has 1 aliphatic rings. The van der Waals surface area contributed by atoms with Crippen LogP contribution in [-0.2, 0) is 51.4 Å². The quantitative estimate of drug-likeness (QED) is 0.0145. The highest BCUT2D eigenvalue weighted by molar-refractivity contribution is 6.00. The molecular weight excluding hydrogens is 1170 g/mol. The highest BCUT2D eigenvalue weighted by Gasteiger charge is 2.42. The number of urea groups is 1. The zero-order valence-corrected chi connectivity index (χ0v) is 54.9. The van der Waals surface area contributed by atoms with Crippen molar-refractivity contribution < 1.29 is 62.8 Å². The number of azide groups is 1. The van der Waals surface area contributed by atoms with Crippen LogP contribution in [0.5, 0.6) is 0 Å². The molecule has 26 nitrogen and oxygen atoms in total. The number of primary amides is 1. The summed E-state index contributed by atoms with van der Waals surface area (Å²) in [4.78, 5) is 129. The standard InChI is InChI=1S/C65H97N13O13/c1-14-40(8)55(50(79)33-51(80)78-32-30-47(35-78)57(90-13)41(9)58(82)70-42(10)56(81)45-19-16-15-17-20-45)76(11)63(87)53(38(4)5)74-62(86)54(39(6)7)77(12)65(89)91-36-44-24-28-48(29-25-44)71-60(84)49(21-18-31-68-64(66)88)72-61(85)52(37(2)3)73-59(83)46-26-22-43(23-27-46)34-69-75-67/h15-17,19-20,22-29,37-42,47,49-50,52-57,79,81H,14,18,21,30-36H2,1-13H3,(H,70,82)(H,71,84)(H,72,85)(H,73,83)(H,74,86)(H3,66,68,88)/t40-,41+,42+,47?,49-,50+,52-,53-,54-,55-,56+,57+/m0/s1. The number of likely N-dealkylation sites (tertiary alicyclic amines) is 1. The fraction of sp³-hybridized carbons (Fsp3) is 0.585. The lowest BCUT2D eigenvalue weighted by atomic mass is 9.89. The zero-order valence-electron chi connectivity index (χ0n) is 54.9. The molecule has 0 radical (unpaired) electrons. The Morgan fingerprint density at radius 1 is 0.758 bits per heavy atom. The van der Waals surface area contributed by atoms with E-state index in [2.05, 4.69) is 41.9 Å². The minimum absolute atomic E-state index is 0.0759. The second-order valence-electron chi connectivity index (χ2n) is 24.7. The number of anilines is 1. The van der Waals surface area contributed by atoms with Gasteiger partial charge in [-0.2, -0.15) is 0 Å². The monoisotopic (exact) mass is 1270 g/mol. The largest absolute Gasteiger partial charge is 0.445 e. The van der Waals surface area contributed by atoms with E-state index in [4.69, 9.17) is 20.7 Å². The topological polar surface area (TPSA) is 369 Å². The summed E-state index contributed by atoms with van der Waals surface area (Å²) in [6, 6.07) is 15.2. The molecule has 0 bridgehead atoms. The maximum Gasteiger partial charge on any atom is 0.410 e. The molecule has 0 saturated carbocycles. The summed E-state index contributed by atoms with van der Waals surface area (Å²) in [5, 5.41) is 42.8. The lowest BCUT2D eigenvalue weighted by Crippen LogP contribution is -2.60. The highest BCUT2D eigenvalue weighted by atomic mass is 16.6. The molecule has 1 aliphatic heterocycles. The Labute approximate surface area is 534 Å². The van der Waals surface area contributed by atoms with E-state index in [1.165, 1.54) is 31.2 Å². The Morgan fingerprint density at radius 2 is 1.38 bits per heavy atom. The van der Waals surface area contributed by atoms with Gasteiger partial charge >= 0.3 is 12.1 Å². The van der Waals surface area contributed by atoms with Crippen molar-refractivity contribution in [2.75, 3.05) is 46.2 Å². The van der Waals surface area contributed by atoms with Gasteiger partial charge in [-0.15, -0.1) is 0 Å². The third-order valence-electron chi connectivity index (χ3n) is 16.8. The first kappa shape index (κ1) is 75.1. The van der Waals surface area contributed by atoms with Gasteiger partial charge in [0.25, 0.3) is 5.91 Å². The number of likely N-dealkylation sites (N-methyl/N-ethyl adjacent to an activating group) is 2. The molecule has 10 N–H and O–H groups in total. The number of hydrogen-bond donors (Lipinski definition) is 9. The van der Waals surface area contributed by atoms with Crippen molar-refractivity contribution in [2.24, 2.45) is 46.4 Å². The summed E-state index contributed by atoms with van der Waals surface area (Å²) in [5.74, 6) is -5.93. The number of hydrogen-bond acceptors (Lipinski definition) is 14. The second kappa shape index (κ2) is 36.5. The minimum Gasteiger partial charge on any atom is -0.445 e. The average molecular weight is 1270 g/mol. The van der Waals surface area contributed by atoms with Gasteiger partial charge in [-0.3, -0.25) is 38.5 Å². The third-order valence-corrected chi connectivity index (χ3v) is 16.8. The average Bonchev–Trinajstić information content (AvgIpc) is 1.93. The molecule has 1 heterocycles. The first-order valence-corrected chi connectivity index (χ1v) is 31.2. The lowest BCUT2D eigenvalue weighted by Gasteiger charge is -2.39. The van der Waals surface area contributed by atoms with Crippen LogP contribution in [0.2, 0.25) is 0 Å². The number of aliphatic hydroxyl groups excluding tert-OH is 2. The highest BCUT2D eigenvalue weighted by Crippen LogP contribution is 2.30. The summed E-state index contributed by atoms with van der Waals surface area (Å²) >= 11 is 0. The van der Waals surface area contributed by atoms with Gasteiger partial charge in [-0.05, 0) is 96.3 Å². The third kappa shape index (κ3) is 22.2. The predicted molar refractivity (Wildman–Crippen MR) is 343 cm³/mol. The van der Waals surface area contributed by atoms with Crippen LogP contribution in [0.3, 0.4) is 0 Å². The smallest absolute Gasteiger partial charge is 0.410 e. The first-order chi connectivity index (χ1) is 43.0. The number of methoxy groups -OCH3 is 1. The maximum atomic E-state index is 14.6. The number of carbonyl (C=O) groups is 9. The van der Waals surface area contributed by atoms with Crippen LogP contribution in [0.15, 0.2) is 84.0 Å². The summed E-state index contributed by atoms with van der Waals surface area (Å²) in [5.41, 5.74) is 16.3. The summed E-state index contributed by atoms with van der Waals surface area (Å²) in [6.45, 7) is 18.4. The Bertz CT molecular complexity index is 2950. The molecule has 12 atom stereocenters. The number of benzene rings is 3. The molecule has 3 aromatic rings. The van der Waals surface area contributed by atoms with Crippen LogP contribution >= 0.6 is 0 Å². The molecule has 500 valence electrons. The molecule has 0 aliphatic carbocycles. The van der Waals surface area contributed by atoms with Gasteiger partial charge in [0, 0.05) is 62.9 Å². The van der Waals surface area contributed by atoms with Gasteiger partial charge in [-0.25, -0.2) is 9.59 Å². The van der Waals surface area contributed by atoms with Crippen molar-refractivity contribution in [1.82, 2.24) is 41.3 Å². The van der Waals surface area contributed by atoms with Crippen LogP contribution in [0.4, 0.5) is 15.3 Å². The normalized spacial score (nSPS) is 16.6. The molecule has 1 fully saturated rings. The maximum absolute atomic E-state index is 14.6. The van der Waals surface area contributed by atoms with Crippen molar-refractivity contribution in [1.29, 1.82) is 0 Å². The van der Waals surface area contributed by atoms with E-state index >= 15 is 0 Å². The van der Waals surface area contributed by atoms with Crippen LogP contribution < -0.4 is 37.6 Å². The minimum atomic E-state index is -1.29. The van der Waals surface area contributed by atoms with E-state index < -0.39 is 120 Å². The van der Waals surface area contributed by atoms with Crippen molar-refractivity contribution in [3.63, 3.8) is 0 Å². The molecule has 1 unspecified atom stereocenters. The van der Waals surface area contributed by atoms with Gasteiger partial charge in [-0.1, -0.05) is 128 Å². The number of carbonyl (C=O) groups excluding carboxylic acids is 9. The Morgan fingerprint density at radius 3 is 1.96 bits per heavy atom. The Balaban J connectivity index is 1.36. The number of aliphatic hydroxyl groups is 2. The SMILES string of the molecule is CC[C@H](C)[C@@H]([C@H](O)CC(=O)N1CCC([C@H](OC)[C@@H](C)C(=O)N[C@H](C)[C@@H](O)c2ccccc2)C1)N(C)C(=O)[C@@H](NC(=O)[C@H](C(C)C)N(C)C(=O)OCc1ccc(NC(=O)[C@H](CCCNC(N)=O)NC(=O)[C@@H](NC(=O)c2ccc(CN=[N+]=[N-])cc2)C(C)C)cc1)C(C)C. The molecule has 91 heavy (non-hydrogen) atoms. The van der Waals surface area contributed by atoms with E-state index in [-0.39, 0.29) is 74.7 Å². The fourth-order valence-corrected chi connectivity index (χ4v) is 11.3. The summed E-state index contributed by atoms with van der Waals surface area (Å²) in [7, 11) is 4.48. The number of ether oxygens (including phenoxy) is 2. The molecule has 4 rings (SSSR count). The zero-order chi connectivity index (χ0) is 67.8. The number of nitrogens with one attached hydrogen (secondary N) is 6. The molecule has 10 amide bonds. The molecule has 26 heteroatoms. The van der Waals surface area contributed by atoms with E-state index in [9.17, 15) is 53.4 Å².